The van der Waals surface area contributed by atoms with Crippen LogP contribution in [0, 0.1) is 5.92 Å². The van der Waals surface area contributed by atoms with Gasteiger partial charge in [-0.3, -0.25) is 4.98 Å². The van der Waals surface area contributed by atoms with Crippen LogP contribution >= 0.6 is 0 Å². The maximum Gasteiger partial charge on any atom is 0.319 e. The van der Waals surface area contributed by atoms with Crippen LogP contribution in [0.3, 0.4) is 0 Å². The number of hydrogen-bond acceptors (Lipinski definition) is 3. The predicted molar refractivity (Wildman–Crippen MR) is 105 cm³/mol. The molecule has 3 rings (SSSR count). The largest absolute Gasteiger partial charge is 0.381 e. The summed E-state index contributed by atoms with van der Waals surface area (Å²) in [5.74, 6) is 0.659. The standard InChI is InChI=1S/C21H25N3O2/c25-21(23-14-3-4-18-12-15-26-16-18)24-20-10-7-17(8-11-20)6-9-19-5-1-2-13-22-19/h1-2,5-11,13,18H,3-4,12,14-16H2,(H2,23,24,25). The number of rotatable bonds is 7. The van der Waals surface area contributed by atoms with Crippen molar-refractivity contribution in [3.05, 3.63) is 59.9 Å². The highest BCUT2D eigenvalue weighted by atomic mass is 16.5. The van der Waals surface area contributed by atoms with Crippen LogP contribution in [0.2, 0.25) is 0 Å². The molecule has 1 saturated heterocycles. The van der Waals surface area contributed by atoms with Crippen LogP contribution < -0.4 is 10.6 Å². The average molecular weight is 351 g/mol. The summed E-state index contributed by atoms with van der Waals surface area (Å²) in [5, 5.41) is 5.76. The molecular weight excluding hydrogens is 326 g/mol. The number of nitrogens with zero attached hydrogens (tertiary/aromatic N) is 1. The third kappa shape index (κ3) is 6.01. The van der Waals surface area contributed by atoms with Gasteiger partial charge < -0.3 is 15.4 Å². The van der Waals surface area contributed by atoms with E-state index in [0.29, 0.717) is 12.5 Å². The van der Waals surface area contributed by atoms with Gasteiger partial charge in [-0.1, -0.05) is 24.3 Å². The number of aromatic nitrogens is 1. The minimum Gasteiger partial charge on any atom is -0.381 e. The molecule has 0 spiro atoms. The maximum atomic E-state index is 11.9. The van der Waals surface area contributed by atoms with E-state index in [0.717, 1.165) is 49.4 Å². The molecule has 5 nitrogen and oxygen atoms in total. The summed E-state index contributed by atoms with van der Waals surface area (Å²) in [6.07, 6.45) is 8.97. The van der Waals surface area contributed by atoms with Crippen LogP contribution in [0.25, 0.3) is 12.2 Å². The van der Waals surface area contributed by atoms with Gasteiger partial charge in [0, 0.05) is 31.6 Å². The van der Waals surface area contributed by atoms with Gasteiger partial charge in [-0.15, -0.1) is 0 Å². The zero-order chi connectivity index (χ0) is 18.0. The smallest absolute Gasteiger partial charge is 0.319 e. The van der Waals surface area contributed by atoms with Crippen molar-refractivity contribution < 1.29 is 9.53 Å². The number of amides is 2. The number of nitrogens with one attached hydrogen (secondary N) is 2. The molecule has 26 heavy (non-hydrogen) atoms. The fourth-order valence-electron chi connectivity index (χ4n) is 2.91. The number of urea groups is 1. The van der Waals surface area contributed by atoms with E-state index < -0.39 is 0 Å². The summed E-state index contributed by atoms with van der Waals surface area (Å²) in [7, 11) is 0. The summed E-state index contributed by atoms with van der Waals surface area (Å²) in [5.41, 5.74) is 2.75. The van der Waals surface area contributed by atoms with Crippen LogP contribution in [0.4, 0.5) is 10.5 Å². The van der Waals surface area contributed by atoms with Gasteiger partial charge in [0.25, 0.3) is 0 Å². The fraction of sp³-hybridized carbons (Fsp3) is 0.333. The minimum absolute atomic E-state index is 0.163. The SMILES string of the molecule is O=C(NCCCC1CCOC1)Nc1ccc(C=Cc2ccccn2)cc1. The van der Waals surface area contributed by atoms with Gasteiger partial charge in [-0.2, -0.15) is 0 Å². The van der Waals surface area contributed by atoms with Gasteiger partial charge in [0.15, 0.2) is 0 Å². The number of carbonyl (C=O) groups excluding carboxylic acids is 1. The van der Waals surface area contributed by atoms with Crippen LogP contribution in [-0.2, 0) is 4.74 Å². The van der Waals surface area contributed by atoms with Gasteiger partial charge in [0.2, 0.25) is 0 Å². The first-order chi connectivity index (χ1) is 12.8. The van der Waals surface area contributed by atoms with Crippen molar-refractivity contribution in [1.29, 1.82) is 0 Å². The van der Waals surface area contributed by atoms with Crippen molar-refractivity contribution in [1.82, 2.24) is 10.3 Å². The number of ether oxygens (including phenoxy) is 1. The zero-order valence-corrected chi connectivity index (χ0v) is 14.9. The first-order valence-corrected chi connectivity index (χ1v) is 9.11. The predicted octanol–water partition coefficient (Wildman–Crippen LogP) is 4.19. The highest BCUT2D eigenvalue weighted by Crippen LogP contribution is 2.17. The van der Waals surface area contributed by atoms with Gasteiger partial charge in [0.05, 0.1) is 5.69 Å². The number of pyridine rings is 1. The van der Waals surface area contributed by atoms with Crippen molar-refractivity contribution in [3.63, 3.8) is 0 Å². The van der Waals surface area contributed by atoms with E-state index >= 15 is 0 Å². The second-order valence-electron chi connectivity index (χ2n) is 6.46. The summed E-state index contributed by atoms with van der Waals surface area (Å²) in [4.78, 5) is 16.2. The lowest BCUT2D eigenvalue weighted by atomic mass is 10.0. The van der Waals surface area contributed by atoms with Crippen LogP contribution in [0.15, 0.2) is 48.7 Å². The monoisotopic (exact) mass is 351 g/mol. The first kappa shape index (κ1) is 18.1. The summed E-state index contributed by atoms with van der Waals surface area (Å²) >= 11 is 0. The average Bonchev–Trinajstić information content (AvgIpc) is 3.19. The molecule has 1 atom stereocenters. The van der Waals surface area contributed by atoms with E-state index in [1.165, 1.54) is 0 Å². The molecule has 1 aliphatic heterocycles. The summed E-state index contributed by atoms with van der Waals surface area (Å²) in [6.45, 7) is 2.44. The van der Waals surface area contributed by atoms with E-state index in [1.807, 2.05) is 54.6 Å². The lowest BCUT2D eigenvalue weighted by Crippen LogP contribution is -2.29. The van der Waals surface area contributed by atoms with Crippen molar-refractivity contribution in [2.45, 2.75) is 19.3 Å². The number of hydrogen-bond donors (Lipinski definition) is 2. The third-order valence-electron chi connectivity index (χ3n) is 4.40. The number of anilines is 1. The topological polar surface area (TPSA) is 63.2 Å². The molecule has 2 N–H and O–H groups in total. The zero-order valence-electron chi connectivity index (χ0n) is 14.9. The van der Waals surface area contributed by atoms with Crippen molar-refractivity contribution in [2.24, 2.45) is 5.92 Å². The van der Waals surface area contributed by atoms with Crippen molar-refractivity contribution in [2.75, 3.05) is 25.1 Å². The molecule has 1 fully saturated rings. The normalized spacial score (nSPS) is 16.7. The second kappa shape index (κ2) is 9.73. The maximum absolute atomic E-state index is 11.9. The molecular formula is C21H25N3O2. The number of benzene rings is 1. The summed E-state index contributed by atoms with van der Waals surface area (Å²) < 4.78 is 5.36. The van der Waals surface area contributed by atoms with E-state index in [9.17, 15) is 4.79 Å². The molecule has 1 aromatic heterocycles. The van der Waals surface area contributed by atoms with Gasteiger partial charge >= 0.3 is 6.03 Å². The van der Waals surface area contributed by atoms with Crippen molar-refractivity contribution in [3.8, 4) is 0 Å². The highest BCUT2D eigenvalue weighted by Gasteiger charge is 2.14. The molecule has 5 heteroatoms. The Balaban J connectivity index is 1.39. The molecule has 0 aliphatic carbocycles. The lowest BCUT2D eigenvalue weighted by molar-refractivity contribution is 0.184. The Hall–Kier alpha value is -2.66. The van der Waals surface area contributed by atoms with E-state index in [1.54, 1.807) is 6.20 Å². The quantitative estimate of drug-likeness (QED) is 0.735. The minimum atomic E-state index is -0.163. The molecule has 1 aromatic carbocycles. The lowest BCUT2D eigenvalue weighted by Gasteiger charge is -2.09. The Morgan fingerprint density at radius 2 is 2.08 bits per heavy atom. The molecule has 2 amide bonds. The molecule has 1 unspecified atom stereocenters. The van der Waals surface area contributed by atoms with Crippen molar-refractivity contribution >= 4 is 23.9 Å². The van der Waals surface area contributed by atoms with Gasteiger partial charge in [0.1, 0.15) is 0 Å². The van der Waals surface area contributed by atoms with E-state index in [2.05, 4.69) is 15.6 Å². The fourth-order valence-corrected chi connectivity index (χ4v) is 2.91. The first-order valence-electron chi connectivity index (χ1n) is 9.11. The molecule has 2 heterocycles. The Bertz CT molecular complexity index is 708. The van der Waals surface area contributed by atoms with E-state index in [4.69, 9.17) is 4.74 Å². The third-order valence-corrected chi connectivity index (χ3v) is 4.40. The molecule has 0 bridgehead atoms. The molecule has 2 aromatic rings. The Labute approximate surface area is 154 Å². The van der Waals surface area contributed by atoms with Gasteiger partial charge in [-0.25, -0.2) is 4.79 Å². The number of carbonyl (C=O) groups is 1. The Morgan fingerprint density at radius 1 is 1.19 bits per heavy atom. The van der Waals surface area contributed by atoms with Gasteiger partial charge in [-0.05, 0) is 61.1 Å². The van der Waals surface area contributed by atoms with Crippen LogP contribution in [0.1, 0.15) is 30.5 Å². The summed E-state index contributed by atoms with van der Waals surface area (Å²) in [6, 6.07) is 13.4. The molecule has 0 saturated carbocycles. The van der Waals surface area contributed by atoms with Crippen LogP contribution in [-0.4, -0.2) is 30.8 Å². The molecule has 136 valence electrons. The Morgan fingerprint density at radius 3 is 2.81 bits per heavy atom. The molecule has 0 radical (unpaired) electrons. The highest BCUT2D eigenvalue weighted by molar-refractivity contribution is 5.89. The van der Waals surface area contributed by atoms with E-state index in [-0.39, 0.29) is 6.03 Å². The second-order valence-corrected chi connectivity index (χ2v) is 6.46. The van der Waals surface area contributed by atoms with Crippen LogP contribution in [0.5, 0.6) is 0 Å². The molecule has 1 aliphatic rings. The Kier molecular flexibility index (Phi) is 6.79.